The summed E-state index contributed by atoms with van der Waals surface area (Å²) in [5.74, 6) is -0.335. The number of furan rings is 1. The van der Waals surface area contributed by atoms with Gasteiger partial charge in [0, 0.05) is 37.2 Å². The number of hydrogen-bond acceptors (Lipinski definition) is 3. The Labute approximate surface area is 157 Å². The summed E-state index contributed by atoms with van der Waals surface area (Å²) >= 11 is 0. The Bertz CT molecular complexity index is 809. The lowest BCUT2D eigenvalue weighted by molar-refractivity contribution is -0.138. The third-order valence-corrected chi connectivity index (χ3v) is 5.47. The van der Waals surface area contributed by atoms with E-state index in [0.717, 1.165) is 12.8 Å². The molecule has 0 N–H and O–H groups in total. The molecule has 0 spiro atoms. The maximum Gasteiger partial charge on any atom is 0.257 e. The molecule has 1 saturated carbocycles. The van der Waals surface area contributed by atoms with Crippen LogP contribution in [0.2, 0.25) is 0 Å². The van der Waals surface area contributed by atoms with E-state index in [1.165, 1.54) is 18.6 Å². The number of piperidine rings is 1. The fourth-order valence-corrected chi connectivity index (χ4v) is 3.72. The number of halogens is 1. The molecule has 0 unspecified atom stereocenters. The fourth-order valence-electron chi connectivity index (χ4n) is 3.72. The molecule has 2 aromatic rings. The normalized spacial score (nSPS) is 17.7. The highest BCUT2D eigenvalue weighted by Gasteiger charge is 2.37. The molecule has 2 heterocycles. The third kappa shape index (κ3) is 3.89. The van der Waals surface area contributed by atoms with Crippen molar-refractivity contribution in [3.8, 4) is 0 Å². The Morgan fingerprint density at radius 2 is 1.85 bits per heavy atom. The lowest BCUT2D eigenvalue weighted by atomic mass is 9.94. The van der Waals surface area contributed by atoms with Gasteiger partial charge in [-0.3, -0.25) is 9.59 Å². The quantitative estimate of drug-likeness (QED) is 0.810. The Kier molecular flexibility index (Phi) is 4.97. The van der Waals surface area contributed by atoms with E-state index >= 15 is 0 Å². The van der Waals surface area contributed by atoms with Gasteiger partial charge in [0.25, 0.3) is 5.91 Å². The molecule has 0 bridgehead atoms. The summed E-state index contributed by atoms with van der Waals surface area (Å²) in [6.07, 6.45) is 6.18. The molecule has 4 rings (SSSR count). The molecule has 1 aromatic heterocycles. The molecule has 2 aliphatic rings. The maximum atomic E-state index is 14.0. The average molecular weight is 370 g/mol. The second kappa shape index (κ2) is 7.55. The van der Waals surface area contributed by atoms with Crippen LogP contribution in [0.15, 0.2) is 47.3 Å². The number of likely N-dealkylation sites (tertiary alicyclic amines) is 1. The van der Waals surface area contributed by atoms with Gasteiger partial charge in [-0.2, -0.15) is 0 Å². The van der Waals surface area contributed by atoms with Crippen LogP contribution in [0.1, 0.15) is 41.6 Å². The van der Waals surface area contributed by atoms with Crippen LogP contribution < -0.4 is 0 Å². The molecule has 0 radical (unpaired) electrons. The highest BCUT2D eigenvalue weighted by Crippen LogP contribution is 2.32. The zero-order chi connectivity index (χ0) is 18.8. The summed E-state index contributed by atoms with van der Waals surface area (Å²) in [6.45, 7) is 1.43. The van der Waals surface area contributed by atoms with E-state index in [9.17, 15) is 14.0 Å². The van der Waals surface area contributed by atoms with Crippen LogP contribution in [0, 0.1) is 11.7 Å². The van der Waals surface area contributed by atoms with Crippen molar-refractivity contribution in [2.24, 2.45) is 5.92 Å². The maximum absolute atomic E-state index is 14.0. The second-order valence-corrected chi connectivity index (χ2v) is 7.37. The Morgan fingerprint density at radius 1 is 1.11 bits per heavy atom. The van der Waals surface area contributed by atoms with Crippen molar-refractivity contribution in [3.63, 3.8) is 0 Å². The van der Waals surface area contributed by atoms with Crippen molar-refractivity contribution >= 4 is 11.8 Å². The summed E-state index contributed by atoms with van der Waals surface area (Å²) < 4.78 is 19.0. The van der Waals surface area contributed by atoms with Crippen LogP contribution in [0.4, 0.5) is 4.39 Å². The van der Waals surface area contributed by atoms with Crippen molar-refractivity contribution in [2.45, 2.75) is 38.3 Å². The molecular formula is C21H23FN2O3. The number of hydrogen-bond donors (Lipinski definition) is 0. The van der Waals surface area contributed by atoms with Gasteiger partial charge >= 0.3 is 0 Å². The van der Waals surface area contributed by atoms with Crippen LogP contribution in [0.5, 0.6) is 0 Å². The van der Waals surface area contributed by atoms with Gasteiger partial charge in [-0.1, -0.05) is 18.2 Å². The van der Waals surface area contributed by atoms with Crippen molar-refractivity contribution in [2.75, 3.05) is 13.1 Å². The van der Waals surface area contributed by atoms with E-state index in [1.54, 1.807) is 29.2 Å². The fraction of sp³-hybridized carbons (Fsp3) is 0.429. The zero-order valence-electron chi connectivity index (χ0n) is 15.1. The van der Waals surface area contributed by atoms with Gasteiger partial charge in [0.2, 0.25) is 5.91 Å². The van der Waals surface area contributed by atoms with Gasteiger partial charge < -0.3 is 14.2 Å². The molecule has 5 nitrogen and oxygen atoms in total. The topological polar surface area (TPSA) is 53.8 Å². The molecule has 142 valence electrons. The SMILES string of the molecule is O=C(c1ccoc1)N1CCC(C(=O)N(Cc2ccccc2F)C2CC2)CC1. The van der Waals surface area contributed by atoms with Crippen LogP contribution >= 0.6 is 0 Å². The lowest BCUT2D eigenvalue weighted by Gasteiger charge is -2.34. The predicted octanol–water partition coefficient (Wildman–Crippen LogP) is 3.46. The Balaban J connectivity index is 1.38. The average Bonchev–Trinajstić information content (AvgIpc) is 3.39. The smallest absolute Gasteiger partial charge is 0.257 e. The van der Waals surface area contributed by atoms with Crippen LogP contribution in [-0.2, 0) is 11.3 Å². The van der Waals surface area contributed by atoms with Gasteiger partial charge in [-0.05, 0) is 37.8 Å². The summed E-state index contributed by atoms with van der Waals surface area (Å²) in [6, 6.07) is 8.52. The first-order chi connectivity index (χ1) is 13.1. The minimum Gasteiger partial charge on any atom is -0.472 e. The number of benzene rings is 1. The minimum atomic E-state index is -0.267. The molecule has 1 aliphatic heterocycles. The van der Waals surface area contributed by atoms with Crippen molar-refractivity contribution in [1.82, 2.24) is 9.80 Å². The summed E-state index contributed by atoms with van der Waals surface area (Å²) in [5.41, 5.74) is 1.10. The third-order valence-electron chi connectivity index (χ3n) is 5.47. The summed E-state index contributed by atoms with van der Waals surface area (Å²) in [5, 5.41) is 0. The van der Waals surface area contributed by atoms with Crippen molar-refractivity contribution in [1.29, 1.82) is 0 Å². The summed E-state index contributed by atoms with van der Waals surface area (Å²) in [7, 11) is 0. The molecule has 1 saturated heterocycles. The molecule has 2 fully saturated rings. The molecule has 6 heteroatoms. The second-order valence-electron chi connectivity index (χ2n) is 7.37. The number of nitrogens with zero attached hydrogens (tertiary/aromatic N) is 2. The van der Waals surface area contributed by atoms with E-state index in [-0.39, 0.29) is 29.6 Å². The Hall–Kier alpha value is -2.63. The number of rotatable bonds is 5. The van der Waals surface area contributed by atoms with E-state index in [2.05, 4.69) is 0 Å². The van der Waals surface area contributed by atoms with Crippen molar-refractivity contribution in [3.05, 3.63) is 59.8 Å². The first kappa shape index (κ1) is 17.8. The first-order valence-corrected chi connectivity index (χ1v) is 9.49. The molecule has 2 amide bonds. The minimum absolute atomic E-state index is 0.0555. The van der Waals surface area contributed by atoms with E-state index in [4.69, 9.17) is 4.42 Å². The highest BCUT2D eigenvalue weighted by atomic mass is 19.1. The highest BCUT2D eigenvalue weighted by molar-refractivity contribution is 5.94. The monoisotopic (exact) mass is 370 g/mol. The number of carbonyl (C=O) groups is 2. The number of amides is 2. The van der Waals surface area contributed by atoms with E-state index in [0.29, 0.717) is 43.6 Å². The van der Waals surface area contributed by atoms with Gasteiger partial charge in [0.1, 0.15) is 12.1 Å². The summed E-state index contributed by atoms with van der Waals surface area (Å²) in [4.78, 5) is 29.1. The van der Waals surface area contributed by atoms with Gasteiger partial charge in [0.05, 0.1) is 11.8 Å². The zero-order valence-corrected chi connectivity index (χ0v) is 15.1. The van der Waals surface area contributed by atoms with Gasteiger partial charge in [-0.25, -0.2) is 4.39 Å². The van der Waals surface area contributed by atoms with Crippen LogP contribution in [0.25, 0.3) is 0 Å². The van der Waals surface area contributed by atoms with E-state index < -0.39 is 0 Å². The lowest BCUT2D eigenvalue weighted by Crippen LogP contribution is -2.45. The standard InChI is InChI=1S/C21H23FN2O3/c22-19-4-2-1-3-16(19)13-24(18-5-6-18)21(26)15-7-10-23(11-8-15)20(25)17-9-12-27-14-17/h1-4,9,12,14-15,18H,5-8,10-11,13H2. The number of carbonyl (C=O) groups excluding carboxylic acids is 2. The van der Waals surface area contributed by atoms with E-state index in [1.807, 2.05) is 4.90 Å². The molecule has 27 heavy (non-hydrogen) atoms. The largest absolute Gasteiger partial charge is 0.472 e. The molecule has 1 aromatic carbocycles. The van der Waals surface area contributed by atoms with Crippen molar-refractivity contribution < 1.29 is 18.4 Å². The van der Waals surface area contributed by atoms with Gasteiger partial charge in [0.15, 0.2) is 0 Å². The predicted molar refractivity (Wildman–Crippen MR) is 97.3 cm³/mol. The molecule has 0 atom stereocenters. The molecule has 1 aliphatic carbocycles. The molecular weight excluding hydrogens is 347 g/mol. The van der Waals surface area contributed by atoms with Crippen LogP contribution in [0.3, 0.4) is 0 Å². The Morgan fingerprint density at radius 3 is 2.48 bits per heavy atom. The first-order valence-electron chi connectivity index (χ1n) is 9.49. The van der Waals surface area contributed by atoms with Crippen LogP contribution in [-0.4, -0.2) is 40.7 Å². The van der Waals surface area contributed by atoms with Gasteiger partial charge in [-0.15, -0.1) is 0 Å².